The number of hydrogen-bond acceptors (Lipinski definition) is 7. The number of piperidine rings is 2. The van der Waals surface area contributed by atoms with Crippen LogP contribution in [0.1, 0.15) is 36.1 Å². The van der Waals surface area contributed by atoms with Gasteiger partial charge in [0.1, 0.15) is 0 Å². The van der Waals surface area contributed by atoms with Crippen LogP contribution in [-0.2, 0) is 22.5 Å². The molecular weight excluding hydrogens is 712 g/mol. The largest absolute Gasteiger partial charge is 0.436 e. The van der Waals surface area contributed by atoms with Gasteiger partial charge in [0.05, 0.1) is 12.2 Å². The van der Waals surface area contributed by atoms with Crippen molar-refractivity contribution in [1.29, 1.82) is 0 Å². The van der Waals surface area contributed by atoms with E-state index < -0.39 is 12.2 Å². The summed E-state index contributed by atoms with van der Waals surface area (Å²) in [4.78, 5) is 51.7. The molecule has 5 heterocycles. The number of carbonyl (C=O) groups is 3. The molecule has 238 valence electrons. The van der Waals surface area contributed by atoms with E-state index >= 15 is 0 Å². The Balaban J connectivity index is 1.07. The van der Waals surface area contributed by atoms with Crippen molar-refractivity contribution in [2.45, 2.75) is 56.8 Å². The number of hydrogen-bond donors (Lipinski definition) is 1. The Morgan fingerprint density at radius 1 is 0.932 bits per heavy atom. The first-order valence-electron chi connectivity index (χ1n) is 15.5. The number of rotatable bonds is 6. The average molecular weight is 753 g/mol. The number of anilines is 1. The zero-order valence-corrected chi connectivity index (χ0v) is 29.0. The molecule has 0 aliphatic carbocycles. The van der Waals surface area contributed by atoms with Crippen LogP contribution in [0.5, 0.6) is 0 Å². The molecule has 0 unspecified atom stereocenters. The van der Waals surface area contributed by atoms with Crippen LogP contribution in [-0.4, -0.2) is 120 Å². The summed E-state index contributed by atoms with van der Waals surface area (Å²) in [5, 5.41) is 4.98. The molecule has 6 rings (SSSR count). The monoisotopic (exact) mass is 750 g/mol. The fraction of sp³-hybridized carbons (Fsp3) is 0.581. The van der Waals surface area contributed by atoms with E-state index in [9.17, 15) is 14.4 Å². The number of fused-ring (bicyclic) bond motifs is 1. The molecule has 1 N–H and O–H groups in total. The predicted molar refractivity (Wildman–Crippen MR) is 178 cm³/mol. The number of thiophene rings is 1. The molecule has 0 spiro atoms. The number of amides is 4. The summed E-state index contributed by atoms with van der Waals surface area (Å²) >= 11 is 8.72. The second-order valence-corrected chi connectivity index (χ2v) is 15.0. The molecule has 0 saturated carbocycles. The molecule has 3 saturated heterocycles. The first kappa shape index (κ1) is 31.8. The number of likely N-dealkylation sites (N-methyl/N-ethyl adjacent to an activating group) is 1. The number of benzene rings is 1. The third-order valence-electron chi connectivity index (χ3n) is 9.48. The van der Waals surface area contributed by atoms with Crippen molar-refractivity contribution in [2.24, 2.45) is 0 Å². The lowest BCUT2D eigenvalue weighted by Crippen LogP contribution is -2.54. The van der Waals surface area contributed by atoms with Crippen LogP contribution in [0.25, 0.3) is 0 Å². The van der Waals surface area contributed by atoms with Crippen LogP contribution in [0.2, 0.25) is 0 Å². The Bertz CT molecular complexity index is 1350. The smallest absolute Gasteiger partial charge is 0.410 e. The summed E-state index contributed by atoms with van der Waals surface area (Å²) in [7, 11) is 2.17. The fourth-order valence-electron chi connectivity index (χ4n) is 6.74. The molecule has 0 radical (unpaired) electrons. The van der Waals surface area contributed by atoms with E-state index in [2.05, 4.69) is 54.0 Å². The van der Waals surface area contributed by atoms with Gasteiger partial charge in [0.15, 0.2) is 6.10 Å². The van der Waals surface area contributed by atoms with E-state index in [-0.39, 0.29) is 18.0 Å². The molecule has 44 heavy (non-hydrogen) atoms. The SMILES string of the molecule is CN1CCN(C2CCN(C(=O)[C@@H](Cc3ccc(Br)c(Br)c3)OC(=O)N3CCC(N4Cc5sccc5NC4=O)CC3)CC2)CC1. The highest BCUT2D eigenvalue weighted by atomic mass is 79.9. The molecule has 10 nitrogen and oxygen atoms in total. The summed E-state index contributed by atoms with van der Waals surface area (Å²) in [5.41, 5.74) is 1.82. The van der Waals surface area contributed by atoms with Gasteiger partial charge in [-0.05, 0) is 93.7 Å². The quantitative estimate of drug-likeness (QED) is 0.444. The Morgan fingerprint density at radius 3 is 2.32 bits per heavy atom. The average Bonchev–Trinajstić information content (AvgIpc) is 3.49. The number of nitrogens with zero attached hydrogens (tertiary/aromatic N) is 5. The number of piperazine rings is 1. The van der Waals surface area contributed by atoms with Crippen LogP contribution in [0, 0.1) is 0 Å². The Hall–Kier alpha value is -2.19. The van der Waals surface area contributed by atoms with Crippen molar-refractivity contribution >= 4 is 66.9 Å². The van der Waals surface area contributed by atoms with Crippen molar-refractivity contribution in [3.8, 4) is 0 Å². The molecule has 13 heteroatoms. The van der Waals surface area contributed by atoms with Crippen molar-refractivity contribution < 1.29 is 19.1 Å². The van der Waals surface area contributed by atoms with Crippen LogP contribution >= 0.6 is 43.2 Å². The number of nitrogens with one attached hydrogen (secondary N) is 1. The third kappa shape index (κ3) is 7.27. The van der Waals surface area contributed by atoms with Gasteiger partial charge in [-0.1, -0.05) is 6.07 Å². The van der Waals surface area contributed by atoms with Crippen molar-refractivity contribution in [2.75, 3.05) is 64.7 Å². The normalized spacial score (nSPS) is 21.6. The van der Waals surface area contributed by atoms with Crippen LogP contribution in [0.3, 0.4) is 0 Å². The van der Waals surface area contributed by atoms with Crippen molar-refractivity contribution in [3.05, 3.63) is 49.0 Å². The van der Waals surface area contributed by atoms with E-state index in [0.29, 0.717) is 58.0 Å². The van der Waals surface area contributed by atoms with Gasteiger partial charge in [-0.15, -0.1) is 11.3 Å². The highest BCUT2D eigenvalue weighted by Gasteiger charge is 2.37. The minimum atomic E-state index is -0.904. The van der Waals surface area contributed by atoms with Gasteiger partial charge in [-0.25, -0.2) is 9.59 Å². The molecule has 0 bridgehead atoms. The number of likely N-dealkylation sites (tertiary alicyclic amines) is 2. The highest BCUT2D eigenvalue weighted by Crippen LogP contribution is 2.32. The standard InChI is InChI=1S/C31H40Br2N6O4S/c1-35-13-15-36(16-14-35)22-4-9-37(10-5-22)29(40)27(19-21-2-3-24(32)25(33)18-21)43-31(42)38-11-6-23(7-12-38)39-20-28-26(8-17-44-28)34-30(39)41/h2-3,8,17-18,22-23,27H,4-7,9-16,19-20H2,1H3,(H,34,41)/t27-/m1/s1. The Morgan fingerprint density at radius 2 is 1.61 bits per heavy atom. The second kappa shape index (κ2) is 14.1. The minimum Gasteiger partial charge on any atom is -0.436 e. The molecule has 2 aromatic rings. The van der Waals surface area contributed by atoms with Gasteiger partial charge >= 0.3 is 12.1 Å². The first-order chi connectivity index (χ1) is 21.2. The van der Waals surface area contributed by atoms with E-state index in [4.69, 9.17) is 4.74 Å². The second-order valence-electron chi connectivity index (χ2n) is 12.3. The first-order valence-corrected chi connectivity index (χ1v) is 18.0. The summed E-state index contributed by atoms with van der Waals surface area (Å²) in [6, 6.07) is 8.25. The van der Waals surface area contributed by atoms with E-state index in [1.807, 2.05) is 39.4 Å². The van der Waals surface area contributed by atoms with Crippen LogP contribution in [0.4, 0.5) is 15.3 Å². The summed E-state index contributed by atoms with van der Waals surface area (Å²) in [6.45, 7) is 7.20. The van der Waals surface area contributed by atoms with Gasteiger partial charge < -0.3 is 29.7 Å². The maximum atomic E-state index is 13.9. The lowest BCUT2D eigenvalue weighted by molar-refractivity contribution is -0.142. The van der Waals surface area contributed by atoms with Crippen LogP contribution < -0.4 is 5.32 Å². The zero-order valence-electron chi connectivity index (χ0n) is 25.1. The number of urea groups is 1. The summed E-state index contributed by atoms with van der Waals surface area (Å²) in [6.07, 6.45) is 2.15. The van der Waals surface area contributed by atoms with Gasteiger partial charge in [0.25, 0.3) is 5.91 Å². The van der Waals surface area contributed by atoms with E-state index in [1.54, 1.807) is 16.2 Å². The van der Waals surface area contributed by atoms with Gasteiger partial charge in [-0.2, -0.15) is 0 Å². The van der Waals surface area contributed by atoms with E-state index in [1.165, 1.54) is 0 Å². The number of halogens is 2. The van der Waals surface area contributed by atoms with Crippen LogP contribution in [0.15, 0.2) is 38.6 Å². The molecule has 1 aromatic heterocycles. The molecule has 4 aliphatic rings. The molecule has 1 aromatic carbocycles. The molecule has 3 fully saturated rings. The molecule has 4 amide bonds. The lowest BCUT2D eigenvalue weighted by atomic mass is 10.0. The Labute approximate surface area is 279 Å². The maximum Gasteiger partial charge on any atom is 0.410 e. The lowest BCUT2D eigenvalue weighted by Gasteiger charge is -2.42. The summed E-state index contributed by atoms with van der Waals surface area (Å²) < 4.78 is 7.85. The zero-order chi connectivity index (χ0) is 30.8. The van der Waals surface area contributed by atoms with Gasteiger partial charge in [0.2, 0.25) is 0 Å². The Kier molecular flexibility index (Phi) is 10.2. The fourth-order valence-corrected chi connectivity index (χ4v) is 8.24. The molecular formula is C31H40Br2N6O4S. The summed E-state index contributed by atoms with van der Waals surface area (Å²) in [5.74, 6) is -0.124. The third-order valence-corrected chi connectivity index (χ3v) is 12.3. The van der Waals surface area contributed by atoms with Crippen molar-refractivity contribution in [3.63, 3.8) is 0 Å². The maximum absolute atomic E-state index is 13.9. The molecule has 1 atom stereocenters. The van der Waals surface area contributed by atoms with Gasteiger partial charge in [0, 0.05) is 84.7 Å². The predicted octanol–water partition coefficient (Wildman–Crippen LogP) is 5.07. The topological polar surface area (TPSA) is 88.7 Å². The number of carbonyl (C=O) groups excluding carboxylic acids is 3. The minimum absolute atomic E-state index is 0.0495. The molecule has 4 aliphatic heterocycles. The highest BCUT2D eigenvalue weighted by molar-refractivity contribution is 9.13. The van der Waals surface area contributed by atoms with E-state index in [0.717, 1.165) is 64.1 Å². The van der Waals surface area contributed by atoms with Gasteiger partial charge in [-0.3, -0.25) is 9.69 Å². The van der Waals surface area contributed by atoms with Crippen molar-refractivity contribution in [1.82, 2.24) is 24.5 Å². The number of ether oxygens (including phenoxy) is 1.